The lowest BCUT2D eigenvalue weighted by Gasteiger charge is -2.24. The first-order valence-electron chi connectivity index (χ1n) is 8.85. The van der Waals surface area contributed by atoms with Gasteiger partial charge in [-0.05, 0) is 49.1 Å². The lowest BCUT2D eigenvalue weighted by Crippen LogP contribution is -2.45. The van der Waals surface area contributed by atoms with Gasteiger partial charge in [-0.1, -0.05) is 31.2 Å². The van der Waals surface area contributed by atoms with E-state index in [0.29, 0.717) is 19.5 Å². The number of hydrogen-bond acceptors (Lipinski definition) is 2. The zero-order valence-corrected chi connectivity index (χ0v) is 13.9. The first kappa shape index (κ1) is 16.0. The molecule has 1 aromatic carbocycles. The zero-order valence-electron chi connectivity index (χ0n) is 13.9. The minimum Gasteiger partial charge on any atom is -0.350 e. The normalized spacial score (nSPS) is 20.6. The minimum absolute atomic E-state index is 0.0155. The summed E-state index contributed by atoms with van der Waals surface area (Å²) in [6.45, 7) is 3.25. The Bertz CT molecular complexity index is 563. The molecule has 0 radical (unpaired) electrons. The molecule has 4 heteroatoms. The van der Waals surface area contributed by atoms with Gasteiger partial charge in [0.15, 0.2) is 0 Å². The van der Waals surface area contributed by atoms with Crippen LogP contribution in [0.4, 0.5) is 0 Å². The first-order valence-corrected chi connectivity index (χ1v) is 8.85. The first-order chi connectivity index (χ1) is 11.2. The molecule has 2 fully saturated rings. The monoisotopic (exact) mass is 314 g/mol. The SMILES string of the molecule is CCCC(=O)N1CCCC1C(=O)NCc1ccc(C2CC2)cc1. The van der Waals surface area contributed by atoms with E-state index >= 15 is 0 Å². The van der Waals surface area contributed by atoms with E-state index in [1.165, 1.54) is 18.4 Å². The smallest absolute Gasteiger partial charge is 0.243 e. The topological polar surface area (TPSA) is 49.4 Å². The second-order valence-electron chi connectivity index (χ2n) is 6.73. The van der Waals surface area contributed by atoms with Crippen molar-refractivity contribution < 1.29 is 9.59 Å². The molecule has 1 unspecified atom stereocenters. The Morgan fingerprint density at radius 2 is 1.91 bits per heavy atom. The summed E-state index contributed by atoms with van der Waals surface area (Å²) in [5.74, 6) is 0.854. The number of benzene rings is 1. The molecule has 23 heavy (non-hydrogen) atoms. The van der Waals surface area contributed by atoms with Crippen molar-refractivity contribution in [1.82, 2.24) is 10.2 Å². The number of likely N-dealkylation sites (tertiary alicyclic amines) is 1. The van der Waals surface area contributed by atoms with Crippen LogP contribution in [0.1, 0.15) is 62.5 Å². The lowest BCUT2D eigenvalue weighted by molar-refractivity contribution is -0.138. The highest BCUT2D eigenvalue weighted by molar-refractivity contribution is 5.88. The second-order valence-corrected chi connectivity index (χ2v) is 6.73. The van der Waals surface area contributed by atoms with E-state index in [9.17, 15) is 9.59 Å². The number of nitrogens with one attached hydrogen (secondary N) is 1. The van der Waals surface area contributed by atoms with E-state index in [1.54, 1.807) is 4.90 Å². The molecule has 2 aliphatic rings. The van der Waals surface area contributed by atoms with Crippen molar-refractivity contribution in [2.45, 2.75) is 64.0 Å². The van der Waals surface area contributed by atoms with Crippen LogP contribution in [0.25, 0.3) is 0 Å². The van der Waals surface area contributed by atoms with Crippen LogP contribution >= 0.6 is 0 Å². The molecule has 1 aromatic rings. The quantitative estimate of drug-likeness (QED) is 0.877. The third-order valence-electron chi connectivity index (χ3n) is 4.83. The molecule has 1 aliphatic carbocycles. The van der Waals surface area contributed by atoms with Crippen molar-refractivity contribution in [1.29, 1.82) is 0 Å². The molecule has 0 bridgehead atoms. The van der Waals surface area contributed by atoms with Gasteiger partial charge in [0.25, 0.3) is 0 Å². The van der Waals surface area contributed by atoms with Gasteiger partial charge in [0.05, 0.1) is 0 Å². The Hall–Kier alpha value is -1.84. The van der Waals surface area contributed by atoms with Gasteiger partial charge in [0.1, 0.15) is 6.04 Å². The molecular formula is C19H26N2O2. The zero-order chi connectivity index (χ0) is 16.2. The van der Waals surface area contributed by atoms with Crippen LogP contribution in [0.3, 0.4) is 0 Å². The highest BCUT2D eigenvalue weighted by atomic mass is 16.2. The Morgan fingerprint density at radius 1 is 1.17 bits per heavy atom. The van der Waals surface area contributed by atoms with Crippen LogP contribution < -0.4 is 5.32 Å². The number of nitrogens with zero attached hydrogens (tertiary/aromatic N) is 1. The summed E-state index contributed by atoms with van der Waals surface area (Å²) in [4.78, 5) is 26.3. The maximum absolute atomic E-state index is 12.4. The van der Waals surface area contributed by atoms with Crippen molar-refractivity contribution in [3.05, 3.63) is 35.4 Å². The molecule has 1 saturated heterocycles. The van der Waals surface area contributed by atoms with Gasteiger partial charge in [-0.2, -0.15) is 0 Å². The predicted octanol–water partition coefficient (Wildman–Crippen LogP) is 2.97. The van der Waals surface area contributed by atoms with E-state index in [4.69, 9.17) is 0 Å². The number of amides is 2. The highest BCUT2D eigenvalue weighted by Crippen LogP contribution is 2.39. The van der Waals surface area contributed by atoms with Crippen LogP contribution in [0.15, 0.2) is 24.3 Å². The summed E-state index contributed by atoms with van der Waals surface area (Å²) >= 11 is 0. The van der Waals surface area contributed by atoms with Crippen molar-refractivity contribution in [3.63, 3.8) is 0 Å². The fraction of sp³-hybridized carbons (Fsp3) is 0.579. The van der Waals surface area contributed by atoms with Gasteiger partial charge in [-0.25, -0.2) is 0 Å². The molecule has 1 aliphatic heterocycles. The fourth-order valence-electron chi connectivity index (χ4n) is 3.33. The van der Waals surface area contributed by atoms with Gasteiger partial charge < -0.3 is 10.2 Å². The average Bonchev–Trinajstić information content (AvgIpc) is 3.29. The molecule has 2 amide bonds. The molecule has 0 aromatic heterocycles. The molecule has 1 heterocycles. The predicted molar refractivity (Wildman–Crippen MR) is 89.9 cm³/mol. The number of carbonyl (C=O) groups is 2. The van der Waals surface area contributed by atoms with Crippen molar-refractivity contribution in [2.24, 2.45) is 0 Å². The molecule has 124 valence electrons. The van der Waals surface area contributed by atoms with Crippen molar-refractivity contribution >= 4 is 11.8 Å². The Morgan fingerprint density at radius 3 is 2.57 bits per heavy atom. The van der Waals surface area contributed by atoms with Crippen molar-refractivity contribution in [2.75, 3.05) is 6.54 Å². The second kappa shape index (κ2) is 7.16. The van der Waals surface area contributed by atoms with Gasteiger partial charge >= 0.3 is 0 Å². The summed E-state index contributed by atoms with van der Waals surface area (Å²) in [5, 5.41) is 3.00. The van der Waals surface area contributed by atoms with Gasteiger partial charge in [-0.15, -0.1) is 0 Å². The van der Waals surface area contributed by atoms with Gasteiger partial charge in [0.2, 0.25) is 11.8 Å². The van der Waals surface area contributed by atoms with E-state index in [2.05, 4.69) is 29.6 Å². The van der Waals surface area contributed by atoms with Crippen molar-refractivity contribution in [3.8, 4) is 0 Å². The maximum Gasteiger partial charge on any atom is 0.243 e. The summed E-state index contributed by atoms with van der Waals surface area (Å²) in [5.41, 5.74) is 2.53. The number of carbonyl (C=O) groups excluding carboxylic acids is 2. The van der Waals surface area contributed by atoms with E-state index in [-0.39, 0.29) is 17.9 Å². The summed E-state index contributed by atoms with van der Waals surface area (Å²) in [7, 11) is 0. The van der Waals surface area contributed by atoms with Gasteiger partial charge in [-0.3, -0.25) is 9.59 Å². The van der Waals surface area contributed by atoms with E-state index in [1.807, 2.05) is 6.92 Å². The Labute approximate surface area is 138 Å². The van der Waals surface area contributed by atoms with Crippen LogP contribution in [0, 0.1) is 0 Å². The standard InChI is InChI=1S/C19H26N2O2/c1-2-4-18(22)21-12-3-5-17(21)19(23)20-13-14-6-8-15(9-7-14)16-10-11-16/h6-9,16-17H,2-5,10-13H2,1H3,(H,20,23). The summed E-state index contributed by atoms with van der Waals surface area (Å²) < 4.78 is 0. The molecule has 3 rings (SSSR count). The molecule has 0 spiro atoms. The summed E-state index contributed by atoms with van der Waals surface area (Å²) in [6.07, 6.45) is 5.67. The number of hydrogen-bond donors (Lipinski definition) is 1. The maximum atomic E-state index is 12.4. The number of rotatable bonds is 6. The fourth-order valence-corrected chi connectivity index (χ4v) is 3.33. The molecule has 1 atom stereocenters. The third kappa shape index (κ3) is 3.92. The molecule has 1 N–H and O–H groups in total. The van der Waals surface area contributed by atoms with Gasteiger partial charge in [0, 0.05) is 19.5 Å². The molecular weight excluding hydrogens is 288 g/mol. The third-order valence-corrected chi connectivity index (χ3v) is 4.83. The van der Waals surface area contributed by atoms with Crippen LogP contribution in [0.5, 0.6) is 0 Å². The van der Waals surface area contributed by atoms with Crippen LogP contribution in [-0.4, -0.2) is 29.3 Å². The minimum atomic E-state index is -0.278. The van der Waals surface area contributed by atoms with Crippen LogP contribution in [-0.2, 0) is 16.1 Å². The van der Waals surface area contributed by atoms with E-state index in [0.717, 1.165) is 30.7 Å². The molecule has 1 saturated carbocycles. The Balaban J connectivity index is 1.52. The largest absolute Gasteiger partial charge is 0.350 e. The molecule has 4 nitrogen and oxygen atoms in total. The van der Waals surface area contributed by atoms with E-state index < -0.39 is 0 Å². The lowest BCUT2D eigenvalue weighted by atomic mass is 10.1. The van der Waals surface area contributed by atoms with Crippen LogP contribution in [0.2, 0.25) is 0 Å². The highest BCUT2D eigenvalue weighted by Gasteiger charge is 2.33. The Kier molecular flexibility index (Phi) is 4.99. The summed E-state index contributed by atoms with van der Waals surface area (Å²) in [6, 6.07) is 8.27. The average molecular weight is 314 g/mol.